The molecular formula is C20H20N4O3. The highest BCUT2D eigenvalue weighted by atomic mass is 16.5. The Bertz CT molecular complexity index is 960. The van der Waals surface area contributed by atoms with Crippen LogP contribution in [0, 0.1) is 11.3 Å². The number of benzene rings is 1. The number of anilines is 1. The molecule has 0 aliphatic carbocycles. The number of hydrogen-bond donors (Lipinski definition) is 1. The molecule has 1 saturated heterocycles. The summed E-state index contributed by atoms with van der Waals surface area (Å²) in [5.74, 6) is 0.753. The largest absolute Gasteiger partial charge is 0.439 e. The lowest BCUT2D eigenvalue weighted by molar-refractivity contribution is -0.121. The Morgan fingerprint density at radius 2 is 1.96 bits per heavy atom. The van der Waals surface area contributed by atoms with Gasteiger partial charge in [-0.15, -0.1) is 0 Å². The Morgan fingerprint density at radius 3 is 2.56 bits per heavy atom. The molecule has 1 fully saturated rings. The van der Waals surface area contributed by atoms with Crippen LogP contribution in [0.3, 0.4) is 0 Å². The van der Waals surface area contributed by atoms with Crippen LogP contribution < -0.4 is 15.0 Å². The number of amides is 3. The molecule has 0 atom stereocenters. The molecule has 0 unspecified atom stereocenters. The first-order valence-electron chi connectivity index (χ1n) is 8.58. The molecule has 2 heterocycles. The van der Waals surface area contributed by atoms with Gasteiger partial charge >= 0.3 is 6.03 Å². The molecule has 27 heavy (non-hydrogen) atoms. The van der Waals surface area contributed by atoms with Gasteiger partial charge in [0.1, 0.15) is 17.1 Å². The van der Waals surface area contributed by atoms with Crippen molar-refractivity contribution in [3.63, 3.8) is 0 Å². The highest BCUT2D eigenvalue weighted by Gasteiger charge is 2.45. The fraction of sp³-hybridized carbons (Fsp3) is 0.300. The number of nitrogens with one attached hydrogen (secondary N) is 1. The maximum absolute atomic E-state index is 12.4. The van der Waals surface area contributed by atoms with Crippen molar-refractivity contribution in [2.75, 3.05) is 4.90 Å². The standard InChI is InChI=1S/C20H20N4O3/c1-12(2)15-10-14(9-8-13(15)11-21)27-17-7-5-6-16(22-17)24-18(25)20(3,4)23-19(24)26/h5-10,12H,1-4H3,(H,23,26). The van der Waals surface area contributed by atoms with Crippen molar-refractivity contribution < 1.29 is 14.3 Å². The SMILES string of the molecule is CC(C)c1cc(Oc2cccc(N3C(=O)NC(C)(C)C3=O)n2)ccc1C#N. The zero-order chi connectivity index (χ0) is 19.8. The summed E-state index contributed by atoms with van der Waals surface area (Å²) in [4.78, 5) is 29.9. The van der Waals surface area contributed by atoms with Gasteiger partial charge in [0.05, 0.1) is 11.6 Å². The highest BCUT2D eigenvalue weighted by molar-refractivity contribution is 6.22. The fourth-order valence-electron chi connectivity index (χ4n) is 2.85. The number of nitriles is 1. The molecule has 0 bridgehead atoms. The van der Waals surface area contributed by atoms with E-state index in [1.54, 1.807) is 50.2 Å². The molecule has 1 aliphatic rings. The Morgan fingerprint density at radius 1 is 1.22 bits per heavy atom. The number of aromatic nitrogens is 1. The van der Waals surface area contributed by atoms with Crippen molar-refractivity contribution in [3.8, 4) is 17.7 Å². The van der Waals surface area contributed by atoms with Gasteiger partial charge in [-0.2, -0.15) is 10.2 Å². The number of rotatable bonds is 4. The summed E-state index contributed by atoms with van der Waals surface area (Å²) < 4.78 is 5.80. The van der Waals surface area contributed by atoms with Gasteiger partial charge in [-0.3, -0.25) is 4.79 Å². The Kier molecular flexibility index (Phi) is 4.58. The lowest BCUT2D eigenvalue weighted by atomic mass is 9.98. The summed E-state index contributed by atoms with van der Waals surface area (Å²) in [7, 11) is 0. The third-order valence-corrected chi connectivity index (χ3v) is 4.29. The molecule has 1 aliphatic heterocycles. The third kappa shape index (κ3) is 3.47. The lowest BCUT2D eigenvalue weighted by Gasteiger charge is -2.16. The van der Waals surface area contributed by atoms with Crippen molar-refractivity contribution in [1.29, 1.82) is 5.26 Å². The monoisotopic (exact) mass is 364 g/mol. The number of ether oxygens (including phenoxy) is 1. The number of pyridine rings is 1. The lowest BCUT2D eigenvalue weighted by Crippen LogP contribution is -2.40. The Hall–Kier alpha value is -3.40. The van der Waals surface area contributed by atoms with Gasteiger partial charge in [-0.05, 0) is 49.6 Å². The molecule has 0 spiro atoms. The molecule has 3 amide bonds. The minimum atomic E-state index is -0.977. The van der Waals surface area contributed by atoms with Crippen LogP contribution in [0.1, 0.15) is 44.7 Å². The summed E-state index contributed by atoms with van der Waals surface area (Å²) >= 11 is 0. The zero-order valence-corrected chi connectivity index (χ0v) is 15.6. The van der Waals surface area contributed by atoms with Crippen LogP contribution in [0.15, 0.2) is 36.4 Å². The molecule has 3 rings (SSSR count). The second kappa shape index (κ2) is 6.72. The van der Waals surface area contributed by atoms with Crippen LogP contribution in [0.5, 0.6) is 11.6 Å². The molecule has 138 valence electrons. The maximum atomic E-state index is 12.4. The summed E-state index contributed by atoms with van der Waals surface area (Å²) in [5.41, 5.74) is 0.497. The average molecular weight is 364 g/mol. The van der Waals surface area contributed by atoms with Crippen LogP contribution in [0.4, 0.5) is 10.6 Å². The topological polar surface area (TPSA) is 95.3 Å². The van der Waals surface area contributed by atoms with Gasteiger partial charge in [0, 0.05) is 6.07 Å². The van der Waals surface area contributed by atoms with E-state index in [-0.39, 0.29) is 23.5 Å². The molecule has 1 aromatic carbocycles. The summed E-state index contributed by atoms with van der Waals surface area (Å²) in [6.45, 7) is 7.27. The second-order valence-electron chi connectivity index (χ2n) is 7.15. The van der Waals surface area contributed by atoms with E-state index in [4.69, 9.17) is 4.74 Å². The van der Waals surface area contributed by atoms with E-state index in [0.717, 1.165) is 10.5 Å². The Balaban J connectivity index is 1.90. The quantitative estimate of drug-likeness (QED) is 0.835. The molecule has 0 radical (unpaired) electrons. The van der Waals surface area contributed by atoms with Crippen LogP contribution in [0.2, 0.25) is 0 Å². The maximum Gasteiger partial charge on any atom is 0.330 e. The van der Waals surface area contributed by atoms with Crippen molar-refractivity contribution in [1.82, 2.24) is 10.3 Å². The molecule has 7 nitrogen and oxygen atoms in total. The van der Waals surface area contributed by atoms with E-state index in [1.165, 1.54) is 0 Å². The molecule has 7 heteroatoms. The van der Waals surface area contributed by atoms with Crippen molar-refractivity contribution in [2.24, 2.45) is 0 Å². The minimum Gasteiger partial charge on any atom is -0.439 e. The number of hydrogen-bond acceptors (Lipinski definition) is 5. The normalized spacial score (nSPS) is 15.6. The Labute approximate surface area is 157 Å². The zero-order valence-electron chi connectivity index (χ0n) is 15.6. The second-order valence-corrected chi connectivity index (χ2v) is 7.15. The predicted molar refractivity (Wildman–Crippen MR) is 99.7 cm³/mol. The number of nitrogens with zero attached hydrogens (tertiary/aromatic N) is 3. The van der Waals surface area contributed by atoms with E-state index in [0.29, 0.717) is 11.3 Å². The molecule has 0 saturated carbocycles. The van der Waals surface area contributed by atoms with E-state index in [1.807, 2.05) is 13.8 Å². The van der Waals surface area contributed by atoms with E-state index >= 15 is 0 Å². The fourth-order valence-corrected chi connectivity index (χ4v) is 2.85. The minimum absolute atomic E-state index is 0.163. The molecule has 1 aromatic heterocycles. The summed E-state index contributed by atoms with van der Waals surface area (Å²) in [5, 5.41) is 11.8. The first-order chi connectivity index (χ1) is 12.7. The van der Waals surface area contributed by atoms with Crippen molar-refractivity contribution in [3.05, 3.63) is 47.5 Å². The number of carbonyl (C=O) groups excluding carboxylic acids is 2. The number of urea groups is 1. The van der Waals surface area contributed by atoms with Crippen LogP contribution in [-0.2, 0) is 4.79 Å². The van der Waals surface area contributed by atoms with Crippen LogP contribution in [-0.4, -0.2) is 22.5 Å². The smallest absolute Gasteiger partial charge is 0.330 e. The summed E-state index contributed by atoms with van der Waals surface area (Å²) in [6, 6.07) is 11.7. The number of imide groups is 1. The molecule has 2 aromatic rings. The van der Waals surface area contributed by atoms with E-state index in [2.05, 4.69) is 16.4 Å². The van der Waals surface area contributed by atoms with Gasteiger partial charge in [-0.1, -0.05) is 19.9 Å². The first-order valence-corrected chi connectivity index (χ1v) is 8.58. The first kappa shape index (κ1) is 18.4. The van der Waals surface area contributed by atoms with Gasteiger partial charge in [0.25, 0.3) is 5.91 Å². The third-order valence-electron chi connectivity index (χ3n) is 4.29. The van der Waals surface area contributed by atoms with Gasteiger partial charge in [0.2, 0.25) is 5.88 Å². The summed E-state index contributed by atoms with van der Waals surface area (Å²) in [6.07, 6.45) is 0. The van der Waals surface area contributed by atoms with Gasteiger partial charge in [0.15, 0.2) is 0 Å². The van der Waals surface area contributed by atoms with E-state index in [9.17, 15) is 14.9 Å². The predicted octanol–water partition coefficient (Wildman–Crippen LogP) is 3.70. The molecule has 1 N–H and O–H groups in total. The van der Waals surface area contributed by atoms with E-state index < -0.39 is 11.6 Å². The highest BCUT2D eigenvalue weighted by Crippen LogP contribution is 2.29. The molecular weight excluding hydrogens is 344 g/mol. The van der Waals surface area contributed by atoms with Crippen molar-refractivity contribution >= 4 is 17.8 Å². The number of carbonyl (C=O) groups is 2. The van der Waals surface area contributed by atoms with Gasteiger partial charge < -0.3 is 10.1 Å². The van der Waals surface area contributed by atoms with Gasteiger partial charge in [-0.25, -0.2) is 9.69 Å². The van der Waals surface area contributed by atoms with Crippen LogP contribution >= 0.6 is 0 Å². The average Bonchev–Trinajstić information content (AvgIpc) is 2.82. The van der Waals surface area contributed by atoms with Crippen LogP contribution in [0.25, 0.3) is 0 Å². The van der Waals surface area contributed by atoms with Crippen molar-refractivity contribution in [2.45, 2.75) is 39.2 Å².